The number of nitrogen functional groups attached to an aromatic ring is 2. The van der Waals surface area contributed by atoms with Gasteiger partial charge in [-0.3, -0.25) is 28.0 Å². The molecule has 0 radical (unpaired) electrons. The highest BCUT2D eigenvalue weighted by Gasteiger charge is 2.43. The molecule has 38 heavy (non-hydrogen) atoms. The average molecular weight is 556 g/mol. The van der Waals surface area contributed by atoms with Crippen LogP contribution in [0.1, 0.15) is 25.3 Å². The van der Waals surface area contributed by atoms with Crippen LogP contribution in [-0.2, 0) is 23.1 Å². The van der Waals surface area contributed by atoms with E-state index in [0.717, 1.165) is 4.57 Å². The number of phosphoric ester groups is 1. The van der Waals surface area contributed by atoms with Crippen molar-refractivity contribution in [3.63, 3.8) is 0 Å². The summed E-state index contributed by atoms with van der Waals surface area (Å²) in [6.45, 7) is -1.10. The molecule has 8 N–H and O–H groups in total. The number of hydrogen-bond donors (Lipinski definition) is 6. The van der Waals surface area contributed by atoms with Crippen LogP contribution < -0.4 is 22.7 Å². The quantitative estimate of drug-likeness (QED) is 0.163. The molecule has 18 nitrogen and oxygen atoms in total. The lowest BCUT2D eigenvalue weighted by Crippen LogP contribution is -2.29. The van der Waals surface area contributed by atoms with Crippen molar-refractivity contribution in [1.29, 1.82) is 0 Å². The summed E-state index contributed by atoms with van der Waals surface area (Å²) in [6.07, 6.45) is -3.42. The van der Waals surface area contributed by atoms with Crippen LogP contribution in [0, 0.1) is 0 Å². The first-order valence-corrected chi connectivity index (χ1v) is 12.9. The van der Waals surface area contributed by atoms with Gasteiger partial charge in [0.25, 0.3) is 5.56 Å². The fourth-order valence-corrected chi connectivity index (χ4v) is 5.31. The van der Waals surface area contributed by atoms with Gasteiger partial charge in [0.05, 0.1) is 25.6 Å². The molecule has 2 fully saturated rings. The Morgan fingerprint density at radius 2 is 1.89 bits per heavy atom. The van der Waals surface area contributed by atoms with E-state index in [0.29, 0.717) is 0 Å². The molecule has 19 heteroatoms. The zero-order chi connectivity index (χ0) is 27.2. The van der Waals surface area contributed by atoms with Crippen LogP contribution in [0.4, 0.5) is 11.8 Å². The van der Waals surface area contributed by atoms with E-state index in [4.69, 9.17) is 30.0 Å². The maximum atomic E-state index is 12.7. The number of aromatic amines is 1. The molecule has 3 aromatic heterocycles. The van der Waals surface area contributed by atoms with Crippen molar-refractivity contribution in [2.24, 2.45) is 0 Å². The van der Waals surface area contributed by atoms with Crippen molar-refractivity contribution in [3.05, 3.63) is 39.4 Å². The molecule has 2 aliphatic heterocycles. The number of hydrogen-bond acceptors (Lipinski definition) is 14. The van der Waals surface area contributed by atoms with Gasteiger partial charge in [0.2, 0.25) is 5.95 Å². The van der Waals surface area contributed by atoms with Crippen LogP contribution in [0.3, 0.4) is 0 Å². The first kappa shape index (κ1) is 26.4. The van der Waals surface area contributed by atoms with E-state index in [1.807, 2.05) is 0 Å². The van der Waals surface area contributed by atoms with Crippen LogP contribution in [-0.4, -0.2) is 81.8 Å². The number of rotatable bonds is 8. The molecule has 5 heterocycles. The topological polar surface area (TPSA) is 265 Å². The number of nitrogens with zero attached hydrogens (tertiary/aromatic N) is 5. The van der Waals surface area contributed by atoms with Gasteiger partial charge in [0.1, 0.15) is 36.6 Å². The Morgan fingerprint density at radius 1 is 1.16 bits per heavy atom. The molecule has 3 aromatic rings. The molecule has 0 saturated carbocycles. The number of imidazole rings is 1. The van der Waals surface area contributed by atoms with E-state index >= 15 is 0 Å². The molecule has 2 saturated heterocycles. The summed E-state index contributed by atoms with van der Waals surface area (Å²) in [7, 11) is -4.74. The van der Waals surface area contributed by atoms with E-state index in [-0.39, 0.29) is 35.8 Å². The molecule has 5 rings (SSSR count). The minimum absolute atomic E-state index is 0.0119. The molecule has 206 valence electrons. The van der Waals surface area contributed by atoms with Gasteiger partial charge >= 0.3 is 13.5 Å². The standard InChI is InChI=1S/C19H25N8O10P/c20-12-1-2-26(19(31)23-12)14-4-9(10(5-28)35-14)37-38(32,33)34-6-11-8(29)3-13(36-11)27-7-22-15-16(27)24-18(21)25-17(15)30/h1-2,7-11,13-14,28-29H,3-6H2,(H,32,33)(H2,20,23,31)(H3,21,24,25,30). The van der Waals surface area contributed by atoms with Gasteiger partial charge in [-0.15, -0.1) is 0 Å². The molecule has 0 spiro atoms. The molecule has 0 aliphatic carbocycles. The molecule has 7 unspecified atom stereocenters. The van der Waals surface area contributed by atoms with Crippen LogP contribution in [0.25, 0.3) is 11.2 Å². The van der Waals surface area contributed by atoms with Crippen LogP contribution in [0.15, 0.2) is 28.2 Å². The monoisotopic (exact) mass is 556 g/mol. The van der Waals surface area contributed by atoms with Crippen molar-refractivity contribution >= 4 is 30.8 Å². The van der Waals surface area contributed by atoms with Crippen LogP contribution >= 0.6 is 7.82 Å². The Kier molecular flexibility index (Phi) is 7.05. The molecule has 2 aliphatic rings. The zero-order valence-corrected chi connectivity index (χ0v) is 20.5. The molecule has 0 aromatic carbocycles. The summed E-state index contributed by atoms with van der Waals surface area (Å²) >= 11 is 0. The third-order valence-electron chi connectivity index (χ3n) is 6.16. The van der Waals surface area contributed by atoms with Crippen molar-refractivity contribution in [2.75, 3.05) is 24.7 Å². The van der Waals surface area contributed by atoms with Gasteiger partial charge in [-0.1, -0.05) is 0 Å². The number of phosphoric acid groups is 1. The van der Waals surface area contributed by atoms with E-state index < -0.39 is 69.2 Å². The van der Waals surface area contributed by atoms with E-state index in [9.17, 15) is 29.3 Å². The van der Waals surface area contributed by atoms with Crippen molar-refractivity contribution < 1.29 is 38.2 Å². The van der Waals surface area contributed by atoms with Gasteiger partial charge in [-0.25, -0.2) is 14.3 Å². The smallest absolute Gasteiger partial charge is 0.394 e. The predicted octanol–water partition coefficient (Wildman–Crippen LogP) is -2.03. The first-order chi connectivity index (χ1) is 18.0. The summed E-state index contributed by atoms with van der Waals surface area (Å²) in [6, 6.07) is 1.38. The normalized spacial score (nSPS) is 29.1. The Hall–Kier alpha value is -3.22. The minimum Gasteiger partial charge on any atom is -0.394 e. The summed E-state index contributed by atoms with van der Waals surface area (Å²) < 4.78 is 36.8. The average Bonchev–Trinajstić information content (AvgIpc) is 3.54. The van der Waals surface area contributed by atoms with Gasteiger partial charge in [-0.05, 0) is 6.07 Å². The highest BCUT2D eigenvalue weighted by atomic mass is 31.2. The minimum atomic E-state index is -4.74. The number of nitrogens with two attached hydrogens (primary N) is 2. The number of aromatic nitrogens is 6. The molecule has 7 atom stereocenters. The first-order valence-electron chi connectivity index (χ1n) is 11.4. The van der Waals surface area contributed by atoms with E-state index in [1.165, 1.54) is 23.2 Å². The maximum Gasteiger partial charge on any atom is 0.472 e. The maximum absolute atomic E-state index is 12.7. The van der Waals surface area contributed by atoms with Crippen molar-refractivity contribution in [2.45, 2.75) is 49.7 Å². The zero-order valence-electron chi connectivity index (χ0n) is 19.6. The van der Waals surface area contributed by atoms with Crippen molar-refractivity contribution in [1.82, 2.24) is 29.1 Å². The number of ether oxygens (including phenoxy) is 2. The second kappa shape index (κ2) is 10.2. The lowest BCUT2D eigenvalue weighted by molar-refractivity contribution is -0.0564. The summed E-state index contributed by atoms with van der Waals surface area (Å²) in [4.78, 5) is 48.4. The van der Waals surface area contributed by atoms with Gasteiger partial charge < -0.3 is 36.0 Å². The predicted molar refractivity (Wildman–Crippen MR) is 126 cm³/mol. The van der Waals surface area contributed by atoms with Gasteiger partial charge in [0.15, 0.2) is 11.2 Å². The van der Waals surface area contributed by atoms with E-state index in [2.05, 4.69) is 19.9 Å². The second-order valence-corrected chi connectivity index (χ2v) is 10.1. The summed E-state index contributed by atoms with van der Waals surface area (Å²) in [5.74, 6) is -0.115. The Bertz CT molecular complexity index is 1490. The third-order valence-corrected chi connectivity index (χ3v) is 7.17. The Balaban J connectivity index is 1.22. The van der Waals surface area contributed by atoms with Crippen molar-refractivity contribution in [3.8, 4) is 0 Å². The lowest BCUT2D eigenvalue weighted by atomic mass is 10.2. The van der Waals surface area contributed by atoms with Gasteiger partial charge in [0, 0.05) is 19.0 Å². The SMILES string of the molecule is Nc1ccn(C2CC(OP(=O)(O)OCC3OC(n4cnc5c(=O)[nH]c(N)nc54)CC3O)C(CO)O2)c(=O)n1. The fraction of sp³-hybridized carbons (Fsp3) is 0.526. The summed E-state index contributed by atoms with van der Waals surface area (Å²) in [5, 5.41) is 20.1. The molecular formula is C19H25N8O10P. The number of aliphatic hydroxyl groups is 2. The highest BCUT2D eigenvalue weighted by Crippen LogP contribution is 2.49. The largest absolute Gasteiger partial charge is 0.472 e. The lowest BCUT2D eigenvalue weighted by Gasteiger charge is -2.21. The fourth-order valence-electron chi connectivity index (χ4n) is 4.35. The number of aliphatic hydroxyl groups excluding tert-OH is 2. The van der Waals surface area contributed by atoms with Crippen LogP contribution in [0.2, 0.25) is 0 Å². The number of fused-ring (bicyclic) bond motifs is 1. The number of nitrogens with one attached hydrogen (secondary N) is 1. The van der Waals surface area contributed by atoms with E-state index in [1.54, 1.807) is 0 Å². The van der Waals surface area contributed by atoms with Crippen LogP contribution in [0.5, 0.6) is 0 Å². The highest BCUT2D eigenvalue weighted by molar-refractivity contribution is 7.47. The molecule has 0 bridgehead atoms. The molecule has 0 amide bonds. The third kappa shape index (κ3) is 5.20. The number of H-pyrrole nitrogens is 1. The Labute approximate surface area is 212 Å². The van der Waals surface area contributed by atoms with Gasteiger partial charge in [-0.2, -0.15) is 9.97 Å². The summed E-state index contributed by atoms with van der Waals surface area (Å²) in [5.41, 5.74) is 10.0. The Morgan fingerprint density at radius 3 is 2.63 bits per heavy atom. The molecular weight excluding hydrogens is 531 g/mol. The second-order valence-electron chi connectivity index (χ2n) is 8.71. The number of anilines is 2.